The number of hydrogen-bond donors (Lipinski definition) is 1. The lowest BCUT2D eigenvalue weighted by molar-refractivity contribution is -0.137. The second-order valence-corrected chi connectivity index (χ2v) is 9.16. The van der Waals surface area contributed by atoms with E-state index in [0.29, 0.717) is 31.9 Å². The fraction of sp³-hybridized carbons (Fsp3) is 0.250. The largest absolute Gasteiger partial charge is 0.487 e. The number of oxazole rings is 1. The molecule has 4 aromatic rings. The minimum absolute atomic E-state index is 0.156. The van der Waals surface area contributed by atoms with Crippen LogP contribution in [0, 0.1) is 6.92 Å². The van der Waals surface area contributed by atoms with Gasteiger partial charge in [0, 0.05) is 6.42 Å². The number of aromatic nitrogens is 1. The van der Waals surface area contributed by atoms with Crippen molar-refractivity contribution >= 4 is 23.0 Å². The van der Waals surface area contributed by atoms with Gasteiger partial charge in [-0.2, -0.15) is 0 Å². The van der Waals surface area contributed by atoms with Gasteiger partial charge in [0.2, 0.25) is 5.89 Å². The van der Waals surface area contributed by atoms with Crippen molar-refractivity contribution in [1.82, 2.24) is 4.98 Å². The highest BCUT2D eigenvalue weighted by Gasteiger charge is 2.13. The summed E-state index contributed by atoms with van der Waals surface area (Å²) >= 11 is 1.59. The normalized spacial score (nSPS) is 11.4. The Balaban J connectivity index is 1.30. The standard InChI is InChI=1S/C28H28N2O5S/c1-20-25(29-28(35-20)26-11-7-17-36-26)19-33-23-15-13-21(14-16-23)18-34-30-24(10-5-6-12-27(31)32)22-8-3-2-4-9-22/h2-4,7-9,11,13-17H,5-6,10,12,18-19H2,1H3,(H,31,32)/b30-24-. The van der Waals surface area contributed by atoms with Gasteiger partial charge in [-0.05, 0) is 60.9 Å². The molecule has 0 saturated carbocycles. The van der Waals surface area contributed by atoms with Gasteiger partial charge < -0.3 is 19.1 Å². The van der Waals surface area contributed by atoms with E-state index < -0.39 is 5.97 Å². The van der Waals surface area contributed by atoms with E-state index in [4.69, 9.17) is 19.1 Å². The number of oxime groups is 1. The Labute approximate surface area is 214 Å². The third kappa shape index (κ3) is 7.29. The van der Waals surface area contributed by atoms with Crippen molar-refractivity contribution in [3.05, 3.63) is 94.7 Å². The van der Waals surface area contributed by atoms with E-state index in [0.717, 1.165) is 45.3 Å². The highest BCUT2D eigenvalue weighted by atomic mass is 32.1. The first-order valence-corrected chi connectivity index (χ1v) is 12.6. The highest BCUT2D eigenvalue weighted by Crippen LogP contribution is 2.26. The maximum absolute atomic E-state index is 10.8. The molecular weight excluding hydrogens is 476 g/mol. The summed E-state index contributed by atoms with van der Waals surface area (Å²) in [7, 11) is 0. The maximum atomic E-state index is 10.8. The number of benzene rings is 2. The molecule has 0 aliphatic carbocycles. The quantitative estimate of drug-likeness (QED) is 0.121. The van der Waals surface area contributed by atoms with Crippen LogP contribution in [0.3, 0.4) is 0 Å². The van der Waals surface area contributed by atoms with E-state index in [1.165, 1.54) is 0 Å². The minimum atomic E-state index is -0.781. The van der Waals surface area contributed by atoms with Crippen LogP contribution in [0.25, 0.3) is 10.8 Å². The van der Waals surface area contributed by atoms with Crippen molar-refractivity contribution in [3.8, 4) is 16.5 Å². The number of carboxylic acid groups (broad SMARTS) is 1. The topological polar surface area (TPSA) is 94.2 Å². The summed E-state index contributed by atoms with van der Waals surface area (Å²) in [6.45, 7) is 2.53. The predicted molar refractivity (Wildman–Crippen MR) is 139 cm³/mol. The van der Waals surface area contributed by atoms with E-state index in [1.807, 2.05) is 79.0 Å². The molecule has 0 amide bonds. The van der Waals surface area contributed by atoms with Crippen molar-refractivity contribution in [2.24, 2.45) is 5.16 Å². The number of aryl methyl sites for hydroxylation is 1. The number of nitrogens with zero attached hydrogens (tertiary/aromatic N) is 2. The molecular formula is C28H28N2O5S. The van der Waals surface area contributed by atoms with Crippen molar-refractivity contribution in [1.29, 1.82) is 0 Å². The first kappa shape index (κ1) is 25.2. The number of ether oxygens (including phenoxy) is 1. The average molecular weight is 505 g/mol. The van der Waals surface area contributed by atoms with E-state index in [2.05, 4.69) is 10.1 Å². The van der Waals surface area contributed by atoms with E-state index in [-0.39, 0.29) is 6.42 Å². The van der Waals surface area contributed by atoms with Crippen molar-refractivity contribution in [3.63, 3.8) is 0 Å². The molecule has 0 fully saturated rings. The van der Waals surface area contributed by atoms with Crippen LogP contribution in [-0.2, 0) is 22.8 Å². The number of thiophene rings is 1. The van der Waals surface area contributed by atoms with E-state index in [9.17, 15) is 4.79 Å². The fourth-order valence-corrected chi connectivity index (χ4v) is 4.18. The Morgan fingerprint density at radius 1 is 1.00 bits per heavy atom. The van der Waals surface area contributed by atoms with Gasteiger partial charge >= 0.3 is 5.97 Å². The third-order valence-corrected chi connectivity index (χ3v) is 6.35. The number of hydrogen-bond acceptors (Lipinski definition) is 7. The number of aliphatic carboxylic acids is 1. The monoisotopic (exact) mass is 504 g/mol. The molecule has 0 aliphatic rings. The fourth-order valence-electron chi connectivity index (χ4n) is 3.53. The van der Waals surface area contributed by atoms with Crippen molar-refractivity contribution < 1.29 is 23.9 Å². The summed E-state index contributed by atoms with van der Waals surface area (Å²) in [5.41, 5.74) is 3.52. The summed E-state index contributed by atoms with van der Waals surface area (Å²) in [6.07, 6.45) is 2.14. The van der Waals surface area contributed by atoms with Crippen LogP contribution in [0.5, 0.6) is 5.75 Å². The van der Waals surface area contributed by atoms with Crippen LogP contribution in [0.15, 0.2) is 81.7 Å². The summed E-state index contributed by atoms with van der Waals surface area (Å²) in [4.78, 5) is 22.0. The van der Waals surface area contributed by atoms with E-state index in [1.54, 1.807) is 11.3 Å². The molecule has 0 radical (unpaired) electrons. The second kappa shape index (κ2) is 12.7. The zero-order chi connectivity index (χ0) is 25.2. The van der Waals surface area contributed by atoms with Gasteiger partial charge in [-0.3, -0.25) is 4.79 Å². The van der Waals surface area contributed by atoms with Crippen LogP contribution in [0.1, 0.15) is 48.3 Å². The average Bonchev–Trinajstić information content (AvgIpc) is 3.55. The van der Waals surface area contributed by atoms with Gasteiger partial charge in [-0.25, -0.2) is 4.98 Å². The Hall–Kier alpha value is -3.91. The molecule has 0 spiro atoms. The lowest BCUT2D eigenvalue weighted by atomic mass is 10.0. The molecule has 2 aromatic carbocycles. The van der Waals surface area contributed by atoms with Crippen LogP contribution >= 0.6 is 11.3 Å². The molecule has 8 heteroatoms. The molecule has 0 bridgehead atoms. The van der Waals surface area contributed by atoms with Gasteiger partial charge in [-0.15, -0.1) is 11.3 Å². The molecule has 7 nitrogen and oxygen atoms in total. The minimum Gasteiger partial charge on any atom is -0.487 e. The molecule has 186 valence electrons. The first-order valence-electron chi connectivity index (χ1n) is 11.8. The summed E-state index contributed by atoms with van der Waals surface area (Å²) in [6, 6.07) is 21.4. The number of rotatable bonds is 13. The van der Waals surface area contributed by atoms with Crippen LogP contribution in [0.2, 0.25) is 0 Å². The number of carbonyl (C=O) groups is 1. The van der Waals surface area contributed by atoms with Crippen LogP contribution in [0.4, 0.5) is 0 Å². The van der Waals surface area contributed by atoms with Gasteiger partial charge in [0.05, 0.1) is 10.6 Å². The molecule has 2 aromatic heterocycles. The van der Waals surface area contributed by atoms with Gasteiger partial charge in [-0.1, -0.05) is 53.7 Å². The number of unbranched alkanes of at least 4 members (excludes halogenated alkanes) is 1. The maximum Gasteiger partial charge on any atom is 0.303 e. The Kier molecular flexibility index (Phi) is 8.88. The van der Waals surface area contributed by atoms with Gasteiger partial charge in [0.15, 0.2) is 0 Å². The molecule has 0 atom stereocenters. The third-order valence-electron chi connectivity index (χ3n) is 5.49. The molecule has 0 aliphatic heterocycles. The smallest absolute Gasteiger partial charge is 0.303 e. The second-order valence-electron chi connectivity index (χ2n) is 8.21. The van der Waals surface area contributed by atoms with Crippen molar-refractivity contribution in [2.45, 2.75) is 45.8 Å². The van der Waals surface area contributed by atoms with Crippen LogP contribution < -0.4 is 4.74 Å². The zero-order valence-corrected chi connectivity index (χ0v) is 20.9. The Morgan fingerprint density at radius 2 is 1.78 bits per heavy atom. The first-order chi connectivity index (χ1) is 17.6. The SMILES string of the molecule is Cc1oc(-c2cccs2)nc1COc1ccc(CO/N=C(/CCCCC(=O)O)c2ccccc2)cc1. The summed E-state index contributed by atoms with van der Waals surface area (Å²) in [5, 5.41) is 15.2. The molecule has 4 rings (SSSR count). The summed E-state index contributed by atoms with van der Waals surface area (Å²) in [5.74, 6) is 1.31. The lowest BCUT2D eigenvalue weighted by Crippen LogP contribution is -2.03. The molecule has 1 N–H and O–H groups in total. The Morgan fingerprint density at radius 3 is 2.50 bits per heavy atom. The van der Waals surface area contributed by atoms with Crippen LogP contribution in [-0.4, -0.2) is 21.8 Å². The predicted octanol–water partition coefficient (Wildman–Crippen LogP) is 6.86. The Bertz CT molecular complexity index is 1270. The molecule has 2 heterocycles. The van der Waals surface area contributed by atoms with E-state index >= 15 is 0 Å². The van der Waals surface area contributed by atoms with Crippen molar-refractivity contribution in [2.75, 3.05) is 0 Å². The molecule has 36 heavy (non-hydrogen) atoms. The molecule has 0 unspecified atom stereocenters. The molecule has 0 saturated heterocycles. The lowest BCUT2D eigenvalue weighted by Gasteiger charge is -2.08. The van der Waals surface area contributed by atoms with Gasteiger partial charge in [0.25, 0.3) is 0 Å². The zero-order valence-electron chi connectivity index (χ0n) is 20.1. The highest BCUT2D eigenvalue weighted by molar-refractivity contribution is 7.13. The summed E-state index contributed by atoms with van der Waals surface area (Å²) < 4.78 is 11.7. The van der Waals surface area contributed by atoms with Gasteiger partial charge in [0.1, 0.15) is 30.4 Å². The number of carboxylic acids is 1.